The van der Waals surface area contributed by atoms with E-state index in [0.717, 1.165) is 16.7 Å². The molecule has 0 radical (unpaired) electrons. The van der Waals surface area contributed by atoms with E-state index in [9.17, 15) is 14.4 Å². The van der Waals surface area contributed by atoms with Crippen LogP contribution in [0.1, 0.15) is 33.5 Å². The van der Waals surface area contributed by atoms with Gasteiger partial charge in [0.2, 0.25) is 5.91 Å². The van der Waals surface area contributed by atoms with Crippen molar-refractivity contribution in [1.82, 2.24) is 15.5 Å². The second-order valence-electron chi connectivity index (χ2n) is 8.50. The Bertz CT molecular complexity index is 1210. The van der Waals surface area contributed by atoms with Gasteiger partial charge in [0.25, 0.3) is 5.91 Å². The Kier molecular flexibility index (Phi) is 7.67. The van der Waals surface area contributed by atoms with E-state index >= 15 is 0 Å². The average Bonchev–Trinajstić information content (AvgIpc) is 2.86. The minimum Gasteiger partial charge on any atom is -0.348 e. The van der Waals surface area contributed by atoms with Gasteiger partial charge in [-0.2, -0.15) is 0 Å². The summed E-state index contributed by atoms with van der Waals surface area (Å²) in [4.78, 5) is 40.4. The number of urea groups is 1. The quantitative estimate of drug-likeness (QED) is 0.455. The molecule has 3 N–H and O–H groups in total. The van der Waals surface area contributed by atoms with Crippen LogP contribution in [0.2, 0.25) is 5.02 Å². The Morgan fingerprint density at radius 3 is 2.51 bits per heavy atom. The molecule has 1 fully saturated rings. The molecule has 0 saturated carbocycles. The molecule has 0 bridgehead atoms. The Hall–Kier alpha value is -3.84. The van der Waals surface area contributed by atoms with Crippen molar-refractivity contribution in [3.63, 3.8) is 0 Å². The molecule has 7 nitrogen and oxygen atoms in total. The van der Waals surface area contributed by atoms with Crippen LogP contribution >= 0.6 is 11.6 Å². The van der Waals surface area contributed by atoms with E-state index in [1.807, 2.05) is 61.5 Å². The molecule has 4 amide bonds. The van der Waals surface area contributed by atoms with Crippen LogP contribution in [0.5, 0.6) is 0 Å². The maximum atomic E-state index is 13.3. The maximum Gasteiger partial charge on any atom is 0.318 e. The van der Waals surface area contributed by atoms with Crippen LogP contribution in [0, 0.1) is 6.92 Å². The highest BCUT2D eigenvalue weighted by Gasteiger charge is 2.33. The smallest absolute Gasteiger partial charge is 0.318 e. The van der Waals surface area contributed by atoms with Gasteiger partial charge in [-0.05, 0) is 42.7 Å². The molecule has 35 heavy (non-hydrogen) atoms. The van der Waals surface area contributed by atoms with Crippen molar-refractivity contribution in [2.75, 3.05) is 11.9 Å². The molecule has 0 aromatic heterocycles. The monoisotopic (exact) mass is 490 g/mol. The molecule has 3 aromatic carbocycles. The first-order chi connectivity index (χ1) is 16.9. The van der Waals surface area contributed by atoms with Crippen LogP contribution < -0.4 is 16.0 Å². The molecule has 4 rings (SSSR count). The third-order valence-electron chi connectivity index (χ3n) is 5.89. The average molecular weight is 491 g/mol. The Morgan fingerprint density at radius 2 is 1.77 bits per heavy atom. The van der Waals surface area contributed by atoms with Gasteiger partial charge in [0, 0.05) is 24.7 Å². The number of rotatable bonds is 7. The largest absolute Gasteiger partial charge is 0.348 e. The van der Waals surface area contributed by atoms with E-state index in [1.165, 1.54) is 4.90 Å². The number of hydrogen-bond acceptors (Lipinski definition) is 3. The topological polar surface area (TPSA) is 90.5 Å². The number of anilines is 1. The van der Waals surface area contributed by atoms with Crippen LogP contribution in [0.4, 0.5) is 10.5 Å². The molecule has 3 aromatic rings. The fourth-order valence-electron chi connectivity index (χ4n) is 3.97. The van der Waals surface area contributed by atoms with Gasteiger partial charge >= 0.3 is 6.03 Å². The van der Waals surface area contributed by atoms with Crippen LogP contribution in [-0.2, 0) is 17.9 Å². The highest BCUT2D eigenvalue weighted by atomic mass is 35.5. The first kappa shape index (κ1) is 24.3. The third kappa shape index (κ3) is 6.19. The van der Waals surface area contributed by atoms with E-state index in [-0.39, 0.29) is 17.8 Å². The Labute approximate surface area is 209 Å². The SMILES string of the molecule is Cc1ccc(CN2C(=O)NCCC2C(=O)Nc2cc(Cl)ccc2C(=O)NCc2ccccc2)cc1. The number of benzene rings is 3. The van der Waals surface area contributed by atoms with E-state index < -0.39 is 6.04 Å². The minimum absolute atomic E-state index is 0.295. The third-order valence-corrected chi connectivity index (χ3v) is 6.12. The zero-order valence-electron chi connectivity index (χ0n) is 19.4. The molecule has 1 aliphatic heterocycles. The van der Waals surface area contributed by atoms with Gasteiger partial charge in [0.15, 0.2) is 0 Å². The standard InChI is InChI=1S/C27H27ClN4O3/c1-18-7-9-20(10-8-18)17-32-24(13-14-29-27(32)35)26(34)31-23-15-21(28)11-12-22(23)25(33)30-16-19-5-3-2-4-6-19/h2-12,15,24H,13-14,16-17H2,1H3,(H,29,35)(H,30,33)(H,31,34). The first-order valence-corrected chi connectivity index (χ1v) is 11.8. The Balaban J connectivity index is 1.50. The van der Waals surface area contributed by atoms with Gasteiger partial charge in [0.1, 0.15) is 6.04 Å². The van der Waals surface area contributed by atoms with Crippen LogP contribution in [0.15, 0.2) is 72.8 Å². The second kappa shape index (κ2) is 11.1. The van der Waals surface area contributed by atoms with Crippen molar-refractivity contribution in [3.8, 4) is 0 Å². The lowest BCUT2D eigenvalue weighted by atomic mass is 10.1. The summed E-state index contributed by atoms with van der Waals surface area (Å²) < 4.78 is 0. The van der Waals surface area contributed by atoms with Crippen molar-refractivity contribution in [2.45, 2.75) is 32.5 Å². The lowest BCUT2D eigenvalue weighted by Crippen LogP contribution is -2.56. The summed E-state index contributed by atoms with van der Waals surface area (Å²) in [6.45, 7) is 3.03. The number of halogens is 1. The summed E-state index contributed by atoms with van der Waals surface area (Å²) in [7, 11) is 0. The molecule has 1 unspecified atom stereocenters. The van der Waals surface area contributed by atoms with Crippen molar-refractivity contribution < 1.29 is 14.4 Å². The summed E-state index contributed by atoms with van der Waals surface area (Å²) in [5.41, 5.74) is 3.60. The first-order valence-electron chi connectivity index (χ1n) is 11.4. The zero-order valence-corrected chi connectivity index (χ0v) is 20.1. The summed E-state index contributed by atoms with van der Waals surface area (Å²) in [6, 6.07) is 21.1. The summed E-state index contributed by atoms with van der Waals surface area (Å²) >= 11 is 6.18. The predicted octanol–water partition coefficient (Wildman–Crippen LogP) is 4.50. The lowest BCUT2D eigenvalue weighted by Gasteiger charge is -2.35. The summed E-state index contributed by atoms with van der Waals surface area (Å²) in [5, 5.41) is 8.90. The normalized spacial score (nSPS) is 15.3. The van der Waals surface area contributed by atoms with Gasteiger partial charge in [0.05, 0.1) is 11.3 Å². The molecule has 1 aliphatic rings. The number of carbonyl (C=O) groups excluding carboxylic acids is 3. The lowest BCUT2D eigenvalue weighted by molar-refractivity contribution is -0.121. The molecule has 0 aliphatic carbocycles. The number of hydrogen-bond donors (Lipinski definition) is 3. The molecule has 180 valence electrons. The van der Waals surface area contributed by atoms with Crippen molar-refractivity contribution in [3.05, 3.63) is 100 Å². The molecule has 8 heteroatoms. The number of nitrogens with zero attached hydrogens (tertiary/aromatic N) is 1. The second-order valence-corrected chi connectivity index (χ2v) is 8.93. The van der Waals surface area contributed by atoms with Crippen molar-refractivity contribution >= 4 is 35.1 Å². The predicted molar refractivity (Wildman–Crippen MR) is 136 cm³/mol. The van der Waals surface area contributed by atoms with Gasteiger partial charge in [-0.15, -0.1) is 0 Å². The van der Waals surface area contributed by atoms with Crippen molar-refractivity contribution in [1.29, 1.82) is 0 Å². The number of amides is 4. The number of nitrogens with one attached hydrogen (secondary N) is 3. The van der Waals surface area contributed by atoms with Crippen LogP contribution in [0.3, 0.4) is 0 Å². The van der Waals surface area contributed by atoms with Crippen LogP contribution in [-0.4, -0.2) is 35.3 Å². The highest BCUT2D eigenvalue weighted by molar-refractivity contribution is 6.31. The molecule has 1 saturated heterocycles. The Morgan fingerprint density at radius 1 is 1.03 bits per heavy atom. The van der Waals surface area contributed by atoms with E-state index in [0.29, 0.717) is 42.3 Å². The number of carbonyl (C=O) groups is 3. The molecule has 1 heterocycles. The van der Waals surface area contributed by atoms with E-state index in [1.54, 1.807) is 18.2 Å². The highest BCUT2D eigenvalue weighted by Crippen LogP contribution is 2.23. The molecular formula is C27H27ClN4O3. The molecular weight excluding hydrogens is 464 g/mol. The summed E-state index contributed by atoms with van der Waals surface area (Å²) in [6.07, 6.45) is 0.444. The van der Waals surface area contributed by atoms with Crippen molar-refractivity contribution in [2.24, 2.45) is 0 Å². The van der Waals surface area contributed by atoms with E-state index in [4.69, 9.17) is 11.6 Å². The van der Waals surface area contributed by atoms with Gasteiger partial charge in [-0.25, -0.2) is 4.79 Å². The fourth-order valence-corrected chi connectivity index (χ4v) is 4.14. The maximum absolute atomic E-state index is 13.3. The van der Waals surface area contributed by atoms with Gasteiger partial charge in [-0.3, -0.25) is 9.59 Å². The number of aryl methyl sites for hydroxylation is 1. The summed E-state index contributed by atoms with van der Waals surface area (Å²) in [5.74, 6) is -0.704. The molecule has 1 atom stereocenters. The van der Waals surface area contributed by atoms with Gasteiger partial charge in [-0.1, -0.05) is 71.8 Å². The van der Waals surface area contributed by atoms with Gasteiger partial charge < -0.3 is 20.9 Å². The van der Waals surface area contributed by atoms with Crippen LogP contribution in [0.25, 0.3) is 0 Å². The zero-order chi connectivity index (χ0) is 24.8. The molecule has 0 spiro atoms. The van der Waals surface area contributed by atoms with E-state index in [2.05, 4.69) is 16.0 Å². The minimum atomic E-state index is -0.690. The fraction of sp³-hybridized carbons (Fsp3) is 0.222.